The molecule has 1 amide bonds. The van der Waals surface area contributed by atoms with Gasteiger partial charge in [0.05, 0.1) is 13.2 Å². The molecule has 0 aliphatic carbocycles. The summed E-state index contributed by atoms with van der Waals surface area (Å²) in [6, 6.07) is 0. The van der Waals surface area contributed by atoms with Crippen LogP contribution in [-0.2, 0) is 14.3 Å². The minimum atomic E-state index is 0.0570. The van der Waals surface area contributed by atoms with Crippen molar-refractivity contribution >= 4 is 5.91 Å². The molecular weight excluding hydrogens is 182 g/mol. The van der Waals surface area contributed by atoms with E-state index in [0.717, 1.165) is 6.42 Å². The lowest BCUT2D eigenvalue weighted by Gasteiger charge is -2.21. The van der Waals surface area contributed by atoms with Crippen LogP contribution >= 0.6 is 0 Å². The van der Waals surface area contributed by atoms with Gasteiger partial charge in [-0.05, 0) is 6.42 Å². The van der Waals surface area contributed by atoms with Crippen molar-refractivity contribution in [2.45, 2.75) is 13.3 Å². The number of hydrogen-bond acceptors (Lipinski definition) is 3. The molecular formula is C10H20NO3. The summed E-state index contributed by atoms with van der Waals surface area (Å²) in [5, 5.41) is 0. The predicted octanol–water partition coefficient (Wildman–Crippen LogP) is 0.722. The van der Waals surface area contributed by atoms with Crippen LogP contribution in [0.5, 0.6) is 0 Å². The van der Waals surface area contributed by atoms with Crippen LogP contribution in [0.1, 0.15) is 13.3 Å². The number of amides is 1. The Morgan fingerprint density at radius 3 is 2.07 bits per heavy atom. The smallest absolute Gasteiger partial charge is 0.226 e. The van der Waals surface area contributed by atoms with E-state index in [4.69, 9.17) is 9.47 Å². The summed E-state index contributed by atoms with van der Waals surface area (Å²) in [4.78, 5) is 13.2. The van der Waals surface area contributed by atoms with E-state index in [-0.39, 0.29) is 5.91 Å². The Morgan fingerprint density at radius 2 is 1.71 bits per heavy atom. The van der Waals surface area contributed by atoms with Crippen LogP contribution in [0.25, 0.3) is 0 Å². The van der Waals surface area contributed by atoms with Gasteiger partial charge in [0.1, 0.15) is 0 Å². The van der Waals surface area contributed by atoms with Gasteiger partial charge in [0, 0.05) is 33.7 Å². The van der Waals surface area contributed by atoms with Gasteiger partial charge in [-0.2, -0.15) is 0 Å². The Balaban J connectivity index is 3.88. The van der Waals surface area contributed by atoms with Crippen LogP contribution in [-0.4, -0.2) is 51.3 Å². The van der Waals surface area contributed by atoms with Crippen LogP contribution in [0, 0.1) is 6.42 Å². The normalized spacial score (nSPS) is 10.2. The molecule has 0 aliphatic rings. The monoisotopic (exact) mass is 202 g/mol. The second kappa shape index (κ2) is 8.97. The van der Waals surface area contributed by atoms with E-state index in [2.05, 4.69) is 0 Å². The van der Waals surface area contributed by atoms with Crippen LogP contribution < -0.4 is 0 Å². The first-order valence-corrected chi connectivity index (χ1v) is 4.86. The van der Waals surface area contributed by atoms with Crippen LogP contribution in [0.15, 0.2) is 0 Å². The van der Waals surface area contributed by atoms with E-state index < -0.39 is 0 Å². The second-order valence-electron chi connectivity index (χ2n) is 2.92. The Morgan fingerprint density at radius 1 is 1.21 bits per heavy atom. The lowest BCUT2D eigenvalue weighted by molar-refractivity contribution is -0.128. The SMILES string of the molecule is CC[CH]C(=O)N(CCOC)CCOC. The largest absolute Gasteiger partial charge is 0.383 e. The summed E-state index contributed by atoms with van der Waals surface area (Å²) in [6.45, 7) is 4.31. The molecule has 1 radical (unpaired) electrons. The highest BCUT2D eigenvalue weighted by molar-refractivity contribution is 5.84. The maximum absolute atomic E-state index is 11.5. The number of rotatable bonds is 8. The lowest BCUT2D eigenvalue weighted by Crippen LogP contribution is -2.36. The van der Waals surface area contributed by atoms with Gasteiger partial charge in [-0.1, -0.05) is 6.92 Å². The number of ether oxygens (including phenoxy) is 2. The van der Waals surface area contributed by atoms with Crippen molar-refractivity contribution in [1.82, 2.24) is 4.90 Å². The molecule has 0 fully saturated rings. The molecule has 0 saturated carbocycles. The minimum absolute atomic E-state index is 0.0570. The maximum atomic E-state index is 11.5. The molecule has 4 heteroatoms. The van der Waals surface area contributed by atoms with Gasteiger partial charge in [0.15, 0.2) is 0 Å². The Kier molecular flexibility index (Phi) is 8.57. The molecule has 0 N–H and O–H groups in total. The molecule has 0 atom stereocenters. The van der Waals surface area contributed by atoms with Crippen molar-refractivity contribution in [3.05, 3.63) is 6.42 Å². The highest BCUT2D eigenvalue weighted by Crippen LogP contribution is 1.96. The van der Waals surface area contributed by atoms with Gasteiger partial charge in [-0.15, -0.1) is 0 Å². The van der Waals surface area contributed by atoms with Crippen LogP contribution in [0.2, 0.25) is 0 Å². The molecule has 0 rings (SSSR count). The third kappa shape index (κ3) is 5.94. The third-order valence-electron chi connectivity index (χ3n) is 1.82. The molecule has 0 spiro atoms. The molecule has 0 saturated heterocycles. The zero-order chi connectivity index (χ0) is 10.8. The standard InChI is InChI=1S/C10H20NO3/c1-4-5-10(12)11(6-8-13-2)7-9-14-3/h5H,4,6-9H2,1-3H3. The molecule has 0 aliphatic heterocycles. The fourth-order valence-corrected chi connectivity index (χ4v) is 1.04. The number of carbonyl (C=O) groups excluding carboxylic acids is 1. The van der Waals surface area contributed by atoms with Gasteiger partial charge in [-0.25, -0.2) is 0 Å². The van der Waals surface area contributed by atoms with Gasteiger partial charge in [0.2, 0.25) is 5.91 Å². The van der Waals surface area contributed by atoms with Crippen LogP contribution in [0.3, 0.4) is 0 Å². The van der Waals surface area contributed by atoms with Crippen molar-refractivity contribution in [3.8, 4) is 0 Å². The fraction of sp³-hybridized carbons (Fsp3) is 0.800. The molecule has 14 heavy (non-hydrogen) atoms. The molecule has 0 aromatic heterocycles. The Labute approximate surface area is 86.2 Å². The van der Waals surface area contributed by atoms with Gasteiger partial charge in [-0.3, -0.25) is 4.79 Å². The van der Waals surface area contributed by atoms with E-state index >= 15 is 0 Å². The highest BCUT2D eigenvalue weighted by atomic mass is 16.5. The summed E-state index contributed by atoms with van der Waals surface area (Å²) in [5.41, 5.74) is 0. The first-order valence-electron chi connectivity index (χ1n) is 4.86. The van der Waals surface area contributed by atoms with Gasteiger partial charge in [0.25, 0.3) is 0 Å². The van der Waals surface area contributed by atoms with Crippen molar-refractivity contribution in [3.63, 3.8) is 0 Å². The van der Waals surface area contributed by atoms with Crippen molar-refractivity contribution in [2.75, 3.05) is 40.5 Å². The van der Waals surface area contributed by atoms with Crippen molar-refractivity contribution in [2.24, 2.45) is 0 Å². The number of hydrogen-bond donors (Lipinski definition) is 0. The first kappa shape index (κ1) is 13.4. The third-order valence-corrected chi connectivity index (χ3v) is 1.82. The number of carbonyl (C=O) groups is 1. The minimum Gasteiger partial charge on any atom is -0.383 e. The van der Waals surface area contributed by atoms with Gasteiger partial charge < -0.3 is 14.4 Å². The molecule has 0 bridgehead atoms. The Bertz CT molecular complexity index is 142. The summed E-state index contributed by atoms with van der Waals surface area (Å²) >= 11 is 0. The van der Waals surface area contributed by atoms with E-state index in [0.29, 0.717) is 26.3 Å². The van der Waals surface area contributed by atoms with Gasteiger partial charge >= 0.3 is 0 Å². The molecule has 0 aromatic carbocycles. The second-order valence-corrected chi connectivity index (χ2v) is 2.92. The maximum Gasteiger partial charge on any atom is 0.226 e. The molecule has 4 nitrogen and oxygen atoms in total. The average Bonchev–Trinajstić information content (AvgIpc) is 2.18. The first-order chi connectivity index (χ1) is 6.76. The highest BCUT2D eigenvalue weighted by Gasteiger charge is 2.11. The molecule has 0 unspecified atom stereocenters. The quantitative estimate of drug-likeness (QED) is 0.582. The summed E-state index contributed by atoms with van der Waals surface area (Å²) < 4.78 is 9.86. The molecule has 0 heterocycles. The fourth-order valence-electron chi connectivity index (χ4n) is 1.04. The summed E-state index contributed by atoms with van der Waals surface area (Å²) in [7, 11) is 3.25. The van der Waals surface area contributed by atoms with E-state index in [9.17, 15) is 4.79 Å². The number of methoxy groups -OCH3 is 2. The van der Waals surface area contributed by atoms with E-state index in [1.54, 1.807) is 25.5 Å². The van der Waals surface area contributed by atoms with Crippen LogP contribution in [0.4, 0.5) is 0 Å². The molecule has 83 valence electrons. The average molecular weight is 202 g/mol. The zero-order valence-electron chi connectivity index (χ0n) is 9.28. The molecule has 0 aromatic rings. The number of nitrogens with zero attached hydrogens (tertiary/aromatic N) is 1. The van der Waals surface area contributed by atoms with Crippen molar-refractivity contribution in [1.29, 1.82) is 0 Å². The van der Waals surface area contributed by atoms with E-state index in [1.165, 1.54) is 0 Å². The topological polar surface area (TPSA) is 38.8 Å². The zero-order valence-corrected chi connectivity index (χ0v) is 9.28. The summed E-state index contributed by atoms with van der Waals surface area (Å²) in [5.74, 6) is 0.0570. The summed E-state index contributed by atoms with van der Waals surface area (Å²) in [6.07, 6.45) is 2.43. The van der Waals surface area contributed by atoms with E-state index in [1.807, 2.05) is 6.92 Å². The lowest BCUT2D eigenvalue weighted by atomic mass is 10.3. The van der Waals surface area contributed by atoms with Crippen molar-refractivity contribution < 1.29 is 14.3 Å². The Hall–Kier alpha value is -0.610. The predicted molar refractivity (Wildman–Crippen MR) is 54.9 cm³/mol.